The van der Waals surface area contributed by atoms with E-state index in [2.05, 4.69) is 40.0 Å². The zero-order chi connectivity index (χ0) is 44.0. The van der Waals surface area contributed by atoms with Crippen molar-refractivity contribution in [3.8, 4) is 5.75 Å². The molecule has 6 rings (SSSR count). The Morgan fingerprint density at radius 2 is 1.35 bits per heavy atom. The summed E-state index contributed by atoms with van der Waals surface area (Å²) in [7, 11) is -24.6. The second-order valence-electron chi connectivity index (χ2n) is 12.0. The van der Waals surface area contributed by atoms with Gasteiger partial charge in [0.2, 0.25) is 17.2 Å². The highest BCUT2D eigenvalue weighted by molar-refractivity contribution is 7.91. The molecule has 29 heteroatoms. The van der Waals surface area contributed by atoms with Crippen LogP contribution < -0.4 is 10.6 Å². The lowest BCUT2D eigenvalue weighted by molar-refractivity contribution is 0.284. The van der Waals surface area contributed by atoms with Crippen LogP contribution in [0, 0.1) is 0 Å². The molecule has 7 N–H and O–H groups in total. The summed E-state index contributed by atoms with van der Waals surface area (Å²) < 4.78 is 165. The van der Waals surface area contributed by atoms with Crippen LogP contribution in [0.1, 0.15) is 0 Å². The van der Waals surface area contributed by atoms with Crippen molar-refractivity contribution in [2.75, 3.05) is 23.0 Å². The van der Waals surface area contributed by atoms with Crippen molar-refractivity contribution < 1.29 is 69.6 Å². The van der Waals surface area contributed by atoms with Gasteiger partial charge >= 0.3 is 10.4 Å². The lowest BCUT2D eigenvalue weighted by atomic mass is 10.1. The van der Waals surface area contributed by atoms with E-state index >= 15 is 0 Å². The molecule has 1 aromatic heterocycles. The number of nitrogens with zero attached hydrogens (tertiary/aromatic N) is 5. The number of benzene rings is 5. The standard InChI is InChI=1S/C31H24ClN7O16S5/c32-29-35-30(33-18-5-3-6-19(14-18)56(41,42)11-10-55-60(52,53)54)37-31(36-29)34-23-15-20(57(43,44)45)12-17-13-24(58(46,47)48)26(27(40)25(17)23)39-38-22-9-8-16-4-1-2-7-21(16)28(22)59(49,50)51/h1-9,12-15,40H,10-11H2,(H,43,44,45)(H,46,47,48)(H,49,50,51)(H,52,53,54)(H2,33,34,35,36,37). The number of azo groups is 1. The molecule has 5 aromatic carbocycles. The number of aromatic hydroxyl groups is 1. The first-order chi connectivity index (χ1) is 27.8. The predicted molar refractivity (Wildman–Crippen MR) is 211 cm³/mol. The van der Waals surface area contributed by atoms with Crippen LogP contribution in [0.3, 0.4) is 0 Å². The summed E-state index contributed by atoms with van der Waals surface area (Å²) in [6.07, 6.45) is 0. The monoisotopic (exact) mass is 945 g/mol. The minimum atomic E-state index is -5.36. The predicted octanol–water partition coefficient (Wildman–Crippen LogP) is 4.77. The van der Waals surface area contributed by atoms with Gasteiger partial charge in [0, 0.05) is 16.5 Å². The molecule has 316 valence electrons. The summed E-state index contributed by atoms with van der Waals surface area (Å²) >= 11 is 6.12. The number of aromatic nitrogens is 3. The van der Waals surface area contributed by atoms with E-state index in [0.29, 0.717) is 17.5 Å². The molecule has 0 spiro atoms. The van der Waals surface area contributed by atoms with Crippen LogP contribution >= 0.6 is 11.6 Å². The topological polar surface area (TPSA) is 369 Å². The van der Waals surface area contributed by atoms with Crippen molar-refractivity contribution in [3.63, 3.8) is 0 Å². The zero-order valence-corrected chi connectivity index (χ0v) is 34.1. The highest BCUT2D eigenvalue weighted by Gasteiger charge is 2.27. The van der Waals surface area contributed by atoms with Gasteiger partial charge in [0.15, 0.2) is 15.6 Å². The van der Waals surface area contributed by atoms with E-state index in [9.17, 15) is 60.9 Å². The quantitative estimate of drug-likeness (QED) is 0.0571. The Balaban J connectivity index is 1.45. The fourth-order valence-corrected chi connectivity index (χ4v) is 9.26. The van der Waals surface area contributed by atoms with Gasteiger partial charge in [-0.25, -0.2) is 12.6 Å². The molecular formula is C31H24ClN7O16S5. The van der Waals surface area contributed by atoms with E-state index in [-0.39, 0.29) is 21.9 Å². The van der Waals surface area contributed by atoms with Gasteiger partial charge in [-0.15, -0.1) is 10.2 Å². The molecule has 0 aliphatic heterocycles. The molecule has 0 bridgehead atoms. The maximum absolute atomic E-state index is 12.8. The number of sulfone groups is 1. The van der Waals surface area contributed by atoms with Crippen LogP contribution in [0.25, 0.3) is 21.5 Å². The number of halogens is 1. The van der Waals surface area contributed by atoms with Gasteiger partial charge in [-0.05, 0) is 64.8 Å². The molecular weight excluding hydrogens is 922 g/mol. The average Bonchev–Trinajstić information content (AvgIpc) is 3.12. The maximum atomic E-state index is 12.8. The molecule has 0 aliphatic carbocycles. The van der Waals surface area contributed by atoms with Gasteiger partial charge in [0.1, 0.15) is 21.2 Å². The molecule has 0 saturated carbocycles. The highest BCUT2D eigenvalue weighted by Crippen LogP contribution is 2.46. The maximum Gasteiger partial charge on any atom is 0.397 e. The Morgan fingerprint density at radius 1 is 0.667 bits per heavy atom. The van der Waals surface area contributed by atoms with E-state index in [4.69, 9.17) is 16.2 Å². The molecule has 0 radical (unpaired) electrons. The molecule has 0 atom stereocenters. The van der Waals surface area contributed by atoms with Crippen LogP contribution in [-0.4, -0.2) is 92.7 Å². The second-order valence-corrected chi connectivity index (χ2v) is 19.7. The van der Waals surface area contributed by atoms with E-state index in [1.165, 1.54) is 36.4 Å². The largest absolute Gasteiger partial charge is 0.505 e. The van der Waals surface area contributed by atoms with Gasteiger partial charge in [0.25, 0.3) is 30.4 Å². The number of anilines is 4. The first-order valence-corrected chi connectivity index (χ1v) is 23.6. The van der Waals surface area contributed by atoms with Crippen molar-refractivity contribution in [3.05, 3.63) is 84.1 Å². The van der Waals surface area contributed by atoms with Crippen LogP contribution in [-0.2, 0) is 54.8 Å². The lowest BCUT2D eigenvalue weighted by Gasteiger charge is -2.15. The Bertz CT molecular complexity index is 3360. The third-order valence-corrected chi connectivity index (χ3v) is 12.9. The van der Waals surface area contributed by atoms with Crippen molar-refractivity contribution >= 4 is 118 Å². The Labute approximate surface area is 343 Å². The minimum Gasteiger partial charge on any atom is -0.505 e. The fraction of sp³-hybridized carbons (Fsp3) is 0.0645. The van der Waals surface area contributed by atoms with Gasteiger partial charge in [-0.1, -0.05) is 36.4 Å². The highest BCUT2D eigenvalue weighted by atomic mass is 35.5. The van der Waals surface area contributed by atoms with E-state index in [1.807, 2.05) is 0 Å². The number of rotatable bonds is 14. The summed E-state index contributed by atoms with van der Waals surface area (Å²) in [6, 6.07) is 15.4. The Morgan fingerprint density at radius 3 is 2.00 bits per heavy atom. The summed E-state index contributed by atoms with van der Waals surface area (Å²) in [6.45, 7) is -0.902. The van der Waals surface area contributed by atoms with Crippen LogP contribution in [0.15, 0.2) is 109 Å². The molecule has 6 aromatic rings. The number of hydrogen-bond acceptors (Lipinski definition) is 19. The summed E-state index contributed by atoms with van der Waals surface area (Å²) in [5.74, 6) is -2.88. The van der Waals surface area contributed by atoms with Gasteiger partial charge in [-0.3, -0.25) is 18.2 Å². The molecule has 60 heavy (non-hydrogen) atoms. The van der Waals surface area contributed by atoms with Crippen molar-refractivity contribution in [2.45, 2.75) is 19.6 Å². The van der Waals surface area contributed by atoms with Crippen molar-refractivity contribution in [2.24, 2.45) is 10.2 Å². The van der Waals surface area contributed by atoms with Gasteiger partial charge in [0.05, 0.1) is 27.8 Å². The van der Waals surface area contributed by atoms with Crippen molar-refractivity contribution in [1.29, 1.82) is 0 Å². The number of phenols is 1. The fourth-order valence-electron chi connectivity index (χ4n) is 5.53. The van der Waals surface area contributed by atoms with E-state index in [1.54, 1.807) is 6.07 Å². The summed E-state index contributed by atoms with van der Waals surface area (Å²) in [5.41, 5.74) is -2.02. The third-order valence-electron chi connectivity index (χ3n) is 7.96. The second kappa shape index (κ2) is 16.2. The molecule has 1 heterocycles. The molecule has 0 amide bonds. The molecule has 0 fully saturated rings. The molecule has 0 saturated heterocycles. The summed E-state index contributed by atoms with van der Waals surface area (Å²) in [4.78, 5) is 8.72. The third kappa shape index (κ3) is 10.1. The number of fused-ring (bicyclic) bond motifs is 2. The van der Waals surface area contributed by atoms with Gasteiger partial charge in [-0.2, -0.15) is 48.6 Å². The SMILES string of the molecule is O=S(=O)(O)OCCS(=O)(=O)c1cccc(Nc2nc(Cl)nc(Nc3cc(S(=O)(=O)O)cc4cc(S(=O)(=O)O)c(N=Nc5ccc6ccccc6c5S(=O)(=O)O)c(O)c34)n2)c1. The molecule has 0 unspecified atom stereocenters. The number of nitrogens with one attached hydrogen (secondary N) is 2. The van der Waals surface area contributed by atoms with E-state index in [0.717, 1.165) is 24.3 Å². The normalized spacial score (nSPS) is 12.9. The summed E-state index contributed by atoms with van der Waals surface area (Å²) in [5, 5.41) is 23.1. The molecule has 0 aliphatic rings. The van der Waals surface area contributed by atoms with Crippen LogP contribution in [0.4, 0.5) is 34.6 Å². The Hall–Kier alpha value is -5.53. The number of hydrogen-bond donors (Lipinski definition) is 7. The average molecular weight is 946 g/mol. The number of phenolic OH excluding ortho intramolecular Hbond substituents is 1. The van der Waals surface area contributed by atoms with Crippen molar-refractivity contribution in [1.82, 2.24) is 15.0 Å². The van der Waals surface area contributed by atoms with Crippen LogP contribution in [0.2, 0.25) is 5.28 Å². The zero-order valence-electron chi connectivity index (χ0n) is 29.3. The first-order valence-electron chi connectivity index (χ1n) is 15.9. The smallest absolute Gasteiger partial charge is 0.397 e. The van der Waals surface area contributed by atoms with Crippen LogP contribution in [0.5, 0.6) is 5.75 Å². The molecule has 23 nitrogen and oxygen atoms in total. The lowest BCUT2D eigenvalue weighted by Crippen LogP contribution is -2.15. The van der Waals surface area contributed by atoms with Gasteiger partial charge < -0.3 is 15.7 Å². The Kier molecular flexibility index (Phi) is 11.9. The van der Waals surface area contributed by atoms with E-state index < -0.39 is 122 Å². The minimum absolute atomic E-state index is 0.00936. The first kappa shape index (κ1) is 44.0.